The number of aliphatic hydroxyl groups is 1. The quantitative estimate of drug-likeness (QED) is 0.187. The number of likely N-dealkylation sites (tertiary alicyclic amines) is 2. The Morgan fingerprint density at radius 2 is 1.82 bits per heavy atom. The van der Waals surface area contributed by atoms with E-state index in [1.807, 2.05) is 42.1 Å². The fourth-order valence-electron chi connectivity index (χ4n) is 7.84. The number of piperidine rings is 2. The van der Waals surface area contributed by atoms with E-state index >= 15 is 4.39 Å². The molecule has 0 saturated carbocycles. The number of rotatable bonds is 12. The standard InChI is InChI=1S/C42H47ClFN7O5/c1-48(2)20-21-56-30-23-35(44)38-37(24-30)47-27-51(41(38)54)26-42(55)12-17-50(18-13-42)40(53)31-11-16-49(25-33(31)28-6-4-3-5-7-28)19-15-46-39(52)29-8-9-32-34(43)10-14-45-36(32)22-29/h3-10,14,22-24,27,31,33,55H,11-13,15-21,25-26H2,1-2H3,(H,46,52). The molecule has 2 aromatic heterocycles. The number of aromatic nitrogens is 3. The summed E-state index contributed by atoms with van der Waals surface area (Å²) in [6, 6.07) is 19.8. The van der Waals surface area contributed by atoms with Crippen LogP contribution in [0.4, 0.5) is 4.39 Å². The van der Waals surface area contributed by atoms with E-state index < -0.39 is 17.0 Å². The van der Waals surface area contributed by atoms with Crippen molar-refractivity contribution in [3.63, 3.8) is 0 Å². The van der Waals surface area contributed by atoms with Gasteiger partial charge in [-0.25, -0.2) is 9.37 Å². The van der Waals surface area contributed by atoms with Gasteiger partial charge in [0, 0.05) is 80.4 Å². The first-order valence-electron chi connectivity index (χ1n) is 19.1. The van der Waals surface area contributed by atoms with Crippen molar-refractivity contribution in [1.82, 2.24) is 34.6 Å². The highest BCUT2D eigenvalue weighted by atomic mass is 35.5. The summed E-state index contributed by atoms with van der Waals surface area (Å²) in [6.07, 6.45) is 4.13. The molecule has 56 heavy (non-hydrogen) atoms. The van der Waals surface area contributed by atoms with Crippen molar-refractivity contribution in [3.8, 4) is 5.75 Å². The van der Waals surface area contributed by atoms with Gasteiger partial charge in [-0.3, -0.25) is 23.9 Å². The molecule has 2 amide bonds. The van der Waals surface area contributed by atoms with Crippen LogP contribution in [0.15, 0.2) is 84.0 Å². The number of nitrogens with zero attached hydrogens (tertiary/aromatic N) is 6. The highest BCUT2D eigenvalue weighted by Gasteiger charge is 2.41. The summed E-state index contributed by atoms with van der Waals surface area (Å²) in [7, 11) is 3.82. The van der Waals surface area contributed by atoms with Gasteiger partial charge in [0.1, 0.15) is 23.6 Å². The Bertz CT molecular complexity index is 2260. The molecule has 2 aliphatic heterocycles. The minimum Gasteiger partial charge on any atom is -0.492 e. The fourth-order valence-corrected chi connectivity index (χ4v) is 8.06. The molecule has 2 N–H and O–H groups in total. The van der Waals surface area contributed by atoms with Gasteiger partial charge < -0.3 is 29.9 Å². The predicted molar refractivity (Wildman–Crippen MR) is 214 cm³/mol. The number of carbonyl (C=O) groups excluding carboxylic acids is 2. The van der Waals surface area contributed by atoms with Gasteiger partial charge in [0.25, 0.3) is 11.5 Å². The molecule has 0 radical (unpaired) electrons. The third kappa shape index (κ3) is 8.86. The lowest BCUT2D eigenvalue weighted by Crippen LogP contribution is -2.53. The third-order valence-corrected chi connectivity index (χ3v) is 11.4. The molecule has 2 atom stereocenters. The maximum Gasteiger partial charge on any atom is 0.264 e. The van der Waals surface area contributed by atoms with Crippen molar-refractivity contribution in [2.75, 3.05) is 66.5 Å². The molecule has 7 rings (SSSR count). The number of carbonyl (C=O) groups is 2. The minimum absolute atomic E-state index is 0.0501. The number of benzene rings is 3. The van der Waals surface area contributed by atoms with Crippen LogP contribution < -0.4 is 15.6 Å². The average molecular weight is 784 g/mol. The first kappa shape index (κ1) is 39.3. The monoisotopic (exact) mass is 783 g/mol. The topological polar surface area (TPSA) is 133 Å². The molecule has 0 spiro atoms. The van der Waals surface area contributed by atoms with Crippen molar-refractivity contribution in [2.24, 2.45) is 5.92 Å². The normalized spacial score (nSPS) is 18.7. The van der Waals surface area contributed by atoms with Crippen LogP contribution in [0.2, 0.25) is 5.02 Å². The molecule has 0 bridgehead atoms. The van der Waals surface area contributed by atoms with Crippen LogP contribution in [0.5, 0.6) is 5.75 Å². The molecular formula is C42H47ClFN7O5. The minimum atomic E-state index is -1.27. The van der Waals surface area contributed by atoms with Crippen LogP contribution in [0.3, 0.4) is 0 Å². The van der Waals surface area contributed by atoms with Crippen molar-refractivity contribution in [3.05, 3.63) is 112 Å². The summed E-state index contributed by atoms with van der Waals surface area (Å²) < 4.78 is 22.1. The SMILES string of the molecule is CN(C)CCOc1cc(F)c2c(=O)n(CC3(O)CCN(C(=O)C4CCN(CCNC(=O)c5ccc6c(Cl)ccnc6c5)CC4c4ccccc4)CC3)cnc2c1. The zero-order valence-corrected chi connectivity index (χ0v) is 32.4. The van der Waals surface area contributed by atoms with E-state index in [9.17, 15) is 19.5 Å². The highest BCUT2D eigenvalue weighted by Crippen LogP contribution is 2.35. The van der Waals surface area contributed by atoms with E-state index in [1.54, 1.807) is 36.5 Å². The molecule has 2 unspecified atom stereocenters. The lowest BCUT2D eigenvalue weighted by atomic mass is 9.79. The first-order valence-corrected chi connectivity index (χ1v) is 19.4. The zero-order chi connectivity index (χ0) is 39.4. The average Bonchev–Trinajstić information content (AvgIpc) is 3.19. The smallest absolute Gasteiger partial charge is 0.264 e. The van der Waals surface area contributed by atoms with Crippen LogP contribution in [0, 0.1) is 11.7 Å². The van der Waals surface area contributed by atoms with Gasteiger partial charge in [-0.05, 0) is 63.7 Å². The summed E-state index contributed by atoms with van der Waals surface area (Å²) in [6.45, 7) is 4.03. The largest absolute Gasteiger partial charge is 0.492 e. The Morgan fingerprint density at radius 3 is 2.59 bits per heavy atom. The molecule has 2 aliphatic rings. The molecule has 14 heteroatoms. The molecule has 3 aromatic carbocycles. The number of ether oxygens (including phenoxy) is 1. The van der Waals surface area contributed by atoms with Crippen LogP contribution in [-0.2, 0) is 11.3 Å². The number of amides is 2. The van der Waals surface area contributed by atoms with Gasteiger partial charge in [0.15, 0.2) is 0 Å². The molecule has 12 nitrogen and oxygen atoms in total. The summed E-state index contributed by atoms with van der Waals surface area (Å²) >= 11 is 6.26. The maximum atomic E-state index is 15.2. The fraction of sp³-hybridized carbons (Fsp3) is 0.405. The molecule has 2 fully saturated rings. The van der Waals surface area contributed by atoms with E-state index in [0.717, 1.165) is 10.9 Å². The van der Waals surface area contributed by atoms with Crippen LogP contribution >= 0.6 is 11.6 Å². The highest BCUT2D eigenvalue weighted by molar-refractivity contribution is 6.35. The Morgan fingerprint density at radius 1 is 1.04 bits per heavy atom. The lowest BCUT2D eigenvalue weighted by Gasteiger charge is -2.43. The lowest BCUT2D eigenvalue weighted by molar-refractivity contribution is -0.142. The molecule has 5 aromatic rings. The number of halogens is 2. The number of fused-ring (bicyclic) bond motifs is 2. The molecule has 2 saturated heterocycles. The van der Waals surface area contributed by atoms with Crippen molar-refractivity contribution in [2.45, 2.75) is 37.3 Å². The van der Waals surface area contributed by atoms with Gasteiger partial charge in [0.05, 0.1) is 34.5 Å². The van der Waals surface area contributed by atoms with Crippen LogP contribution in [0.25, 0.3) is 21.8 Å². The summed E-state index contributed by atoms with van der Waals surface area (Å²) in [5, 5.41) is 15.9. The van der Waals surface area contributed by atoms with Crippen molar-refractivity contribution in [1.29, 1.82) is 0 Å². The Balaban J connectivity index is 0.957. The van der Waals surface area contributed by atoms with Crippen LogP contribution in [-0.4, -0.2) is 118 Å². The molecule has 294 valence electrons. The predicted octanol–water partition coefficient (Wildman–Crippen LogP) is 4.57. The van der Waals surface area contributed by atoms with Gasteiger partial charge in [-0.15, -0.1) is 0 Å². The van der Waals surface area contributed by atoms with E-state index in [2.05, 4.69) is 32.3 Å². The van der Waals surface area contributed by atoms with E-state index in [-0.39, 0.29) is 53.9 Å². The third-order valence-electron chi connectivity index (χ3n) is 11.0. The molecule has 0 aliphatic carbocycles. The first-order chi connectivity index (χ1) is 27.0. The van der Waals surface area contributed by atoms with Crippen LogP contribution in [0.1, 0.15) is 41.1 Å². The number of likely N-dealkylation sites (N-methyl/N-ethyl adjacent to an activating group) is 1. The van der Waals surface area contributed by atoms with Gasteiger partial charge in [0.2, 0.25) is 5.91 Å². The van der Waals surface area contributed by atoms with Crippen molar-refractivity contribution >= 4 is 45.2 Å². The second kappa shape index (κ2) is 17.0. The van der Waals surface area contributed by atoms with E-state index in [4.69, 9.17) is 16.3 Å². The molecular weight excluding hydrogens is 737 g/mol. The van der Waals surface area contributed by atoms with E-state index in [0.29, 0.717) is 80.7 Å². The Kier molecular flexibility index (Phi) is 12.0. The zero-order valence-electron chi connectivity index (χ0n) is 31.7. The van der Waals surface area contributed by atoms with Gasteiger partial charge in [-0.1, -0.05) is 48.0 Å². The van der Waals surface area contributed by atoms with Gasteiger partial charge in [-0.2, -0.15) is 0 Å². The number of hydrogen-bond donors (Lipinski definition) is 2. The number of pyridine rings is 1. The molecule has 4 heterocycles. The second-order valence-corrected chi connectivity index (χ2v) is 15.6. The number of hydrogen-bond acceptors (Lipinski definition) is 9. The van der Waals surface area contributed by atoms with Gasteiger partial charge >= 0.3 is 0 Å². The van der Waals surface area contributed by atoms with E-state index in [1.165, 1.54) is 17.0 Å². The summed E-state index contributed by atoms with van der Waals surface area (Å²) in [5.74, 6) is -0.875. The summed E-state index contributed by atoms with van der Waals surface area (Å²) in [4.78, 5) is 55.3. The van der Waals surface area contributed by atoms with Crippen molar-refractivity contribution < 1.29 is 23.8 Å². The summed E-state index contributed by atoms with van der Waals surface area (Å²) in [5.41, 5.74) is 0.590. The Hall–Kier alpha value is -4.95. The Labute approximate surface area is 329 Å². The second-order valence-electron chi connectivity index (χ2n) is 15.2. The maximum absolute atomic E-state index is 15.2. The number of nitrogens with one attached hydrogen (secondary N) is 1.